The van der Waals surface area contributed by atoms with Crippen LogP contribution in [0.5, 0.6) is 0 Å². The molecule has 0 bridgehead atoms. The van der Waals surface area contributed by atoms with E-state index in [1.165, 1.54) is 0 Å². The Morgan fingerprint density at radius 3 is 2.20 bits per heavy atom. The first-order valence-electron chi connectivity index (χ1n) is 6.53. The van der Waals surface area contributed by atoms with Gasteiger partial charge in [0.15, 0.2) is 6.10 Å². The minimum absolute atomic E-state index is 0.251. The molecule has 0 radical (unpaired) electrons. The predicted octanol–water partition coefficient (Wildman–Crippen LogP) is 2.07. The maximum absolute atomic E-state index is 12.6. The molecule has 2 atom stereocenters. The largest absolute Gasteiger partial charge is 0.415 e. The third-order valence-corrected chi connectivity index (χ3v) is 3.57. The molecule has 0 aliphatic rings. The Hall–Kier alpha value is -1.08. The van der Waals surface area contributed by atoms with Crippen molar-refractivity contribution in [1.29, 1.82) is 0 Å². The molecule has 0 amide bonds. The van der Waals surface area contributed by atoms with Crippen LogP contribution in [0, 0.1) is 19.8 Å². The van der Waals surface area contributed by atoms with Crippen molar-refractivity contribution < 1.29 is 18.3 Å². The van der Waals surface area contributed by atoms with Crippen LogP contribution in [0.1, 0.15) is 30.8 Å². The Bertz CT molecular complexity index is 454. The van der Waals surface area contributed by atoms with Gasteiger partial charge in [0.2, 0.25) is 0 Å². The first-order chi connectivity index (χ1) is 9.05. The molecule has 20 heavy (non-hydrogen) atoms. The number of halogens is 3. The van der Waals surface area contributed by atoms with Crippen molar-refractivity contribution in [3.05, 3.63) is 17.0 Å². The van der Waals surface area contributed by atoms with Crippen molar-refractivity contribution >= 4 is 0 Å². The van der Waals surface area contributed by atoms with E-state index in [-0.39, 0.29) is 12.5 Å². The van der Waals surface area contributed by atoms with Crippen LogP contribution in [0.15, 0.2) is 0 Å². The van der Waals surface area contributed by atoms with E-state index in [2.05, 4.69) is 10.4 Å². The second kappa shape index (κ2) is 6.13. The van der Waals surface area contributed by atoms with Gasteiger partial charge in [0.1, 0.15) is 0 Å². The zero-order chi connectivity index (χ0) is 15.7. The van der Waals surface area contributed by atoms with Crippen molar-refractivity contribution in [2.75, 3.05) is 0 Å². The Labute approximate surface area is 117 Å². The lowest BCUT2D eigenvalue weighted by molar-refractivity contribution is -0.215. The van der Waals surface area contributed by atoms with Gasteiger partial charge in [-0.05, 0) is 19.8 Å². The van der Waals surface area contributed by atoms with Gasteiger partial charge in [-0.15, -0.1) is 0 Å². The fourth-order valence-electron chi connectivity index (χ4n) is 2.21. The van der Waals surface area contributed by atoms with E-state index < -0.39 is 18.3 Å². The van der Waals surface area contributed by atoms with Gasteiger partial charge in [-0.3, -0.25) is 4.68 Å². The average Bonchev–Trinajstić information content (AvgIpc) is 2.53. The zero-order valence-electron chi connectivity index (χ0n) is 12.4. The smallest absolute Gasteiger partial charge is 0.382 e. The van der Waals surface area contributed by atoms with Crippen molar-refractivity contribution in [2.45, 2.75) is 52.6 Å². The normalized spacial score (nSPS) is 15.7. The molecule has 0 aliphatic carbocycles. The molecule has 0 saturated carbocycles. The number of hydrogen-bond acceptors (Lipinski definition) is 3. The highest BCUT2D eigenvalue weighted by atomic mass is 19.4. The van der Waals surface area contributed by atoms with Crippen molar-refractivity contribution in [2.24, 2.45) is 13.0 Å². The molecule has 0 fully saturated rings. The summed E-state index contributed by atoms with van der Waals surface area (Å²) in [4.78, 5) is 0. The van der Waals surface area contributed by atoms with Crippen molar-refractivity contribution in [3.63, 3.8) is 0 Å². The molecular formula is C13H22F3N3O. The summed E-state index contributed by atoms with van der Waals surface area (Å²) in [6.45, 7) is 7.23. The lowest BCUT2D eigenvalue weighted by Crippen LogP contribution is -2.50. The fraction of sp³-hybridized carbons (Fsp3) is 0.769. The minimum atomic E-state index is -4.62. The molecular weight excluding hydrogens is 271 g/mol. The summed E-state index contributed by atoms with van der Waals surface area (Å²) in [7, 11) is 1.79. The van der Waals surface area contributed by atoms with Gasteiger partial charge < -0.3 is 10.4 Å². The SMILES string of the molecule is Cc1nn(C)c(C)c1CN[C@@H](C(C)C)[C@H](O)C(F)(F)F. The summed E-state index contributed by atoms with van der Waals surface area (Å²) in [5.74, 6) is -0.344. The lowest BCUT2D eigenvalue weighted by atomic mass is 9.97. The molecule has 7 heteroatoms. The van der Waals surface area contributed by atoms with Crippen LogP contribution in [0.3, 0.4) is 0 Å². The number of alkyl halides is 3. The molecule has 116 valence electrons. The molecule has 0 saturated heterocycles. The van der Waals surface area contributed by atoms with Crippen LogP contribution in [0.4, 0.5) is 13.2 Å². The second-order valence-corrected chi connectivity index (χ2v) is 5.41. The topological polar surface area (TPSA) is 50.1 Å². The monoisotopic (exact) mass is 293 g/mol. The number of rotatable bonds is 5. The number of nitrogens with zero attached hydrogens (tertiary/aromatic N) is 2. The maximum atomic E-state index is 12.6. The third-order valence-electron chi connectivity index (χ3n) is 3.57. The molecule has 1 aromatic rings. The van der Waals surface area contributed by atoms with Gasteiger partial charge in [0.05, 0.1) is 5.69 Å². The van der Waals surface area contributed by atoms with E-state index in [1.807, 2.05) is 13.8 Å². The van der Waals surface area contributed by atoms with Crippen LogP contribution in [0.2, 0.25) is 0 Å². The standard InChI is InChI=1S/C13H22F3N3O/c1-7(2)11(12(20)13(14,15)16)17-6-10-8(3)18-19(5)9(10)4/h7,11-12,17,20H,6H2,1-5H3/t11-,12-/m0/s1. The van der Waals surface area contributed by atoms with Gasteiger partial charge in [-0.25, -0.2) is 0 Å². The number of aryl methyl sites for hydroxylation is 2. The lowest BCUT2D eigenvalue weighted by Gasteiger charge is -2.29. The first-order valence-corrected chi connectivity index (χ1v) is 6.53. The van der Waals surface area contributed by atoms with E-state index in [4.69, 9.17) is 0 Å². The number of hydrogen-bond donors (Lipinski definition) is 2. The van der Waals surface area contributed by atoms with Crippen molar-refractivity contribution in [3.8, 4) is 0 Å². The zero-order valence-corrected chi connectivity index (χ0v) is 12.4. The molecule has 1 rings (SSSR count). The predicted molar refractivity (Wildman–Crippen MR) is 70.2 cm³/mol. The summed E-state index contributed by atoms with van der Waals surface area (Å²) in [5, 5.41) is 16.5. The summed E-state index contributed by atoms with van der Waals surface area (Å²) in [6, 6.07) is -1.05. The number of aliphatic hydroxyl groups excluding tert-OH is 1. The molecule has 0 spiro atoms. The van der Waals surface area contributed by atoms with Crippen LogP contribution in [-0.4, -0.2) is 33.2 Å². The summed E-state index contributed by atoms with van der Waals surface area (Å²) >= 11 is 0. The van der Waals surface area contributed by atoms with Gasteiger partial charge in [-0.1, -0.05) is 13.8 Å². The molecule has 1 heterocycles. The summed E-state index contributed by atoms with van der Waals surface area (Å²) in [5.41, 5.74) is 2.55. The first kappa shape index (κ1) is 17.0. The quantitative estimate of drug-likeness (QED) is 0.874. The Balaban J connectivity index is 2.83. The number of aliphatic hydroxyl groups is 1. The highest BCUT2D eigenvalue weighted by Crippen LogP contribution is 2.26. The molecule has 2 N–H and O–H groups in total. The highest BCUT2D eigenvalue weighted by molar-refractivity contribution is 5.24. The van der Waals surface area contributed by atoms with E-state index in [0.717, 1.165) is 17.0 Å². The van der Waals surface area contributed by atoms with Crippen LogP contribution >= 0.6 is 0 Å². The van der Waals surface area contributed by atoms with Gasteiger partial charge >= 0.3 is 6.18 Å². The Kier molecular flexibility index (Phi) is 5.21. The average molecular weight is 293 g/mol. The number of aromatic nitrogens is 2. The van der Waals surface area contributed by atoms with Crippen LogP contribution in [-0.2, 0) is 13.6 Å². The maximum Gasteiger partial charge on any atom is 0.415 e. The Morgan fingerprint density at radius 1 is 1.30 bits per heavy atom. The molecule has 4 nitrogen and oxygen atoms in total. The van der Waals surface area contributed by atoms with E-state index >= 15 is 0 Å². The van der Waals surface area contributed by atoms with Crippen molar-refractivity contribution in [1.82, 2.24) is 15.1 Å². The van der Waals surface area contributed by atoms with E-state index in [0.29, 0.717) is 0 Å². The second-order valence-electron chi connectivity index (χ2n) is 5.41. The number of nitrogens with one attached hydrogen (secondary N) is 1. The van der Waals surface area contributed by atoms with E-state index in [9.17, 15) is 18.3 Å². The molecule has 0 unspecified atom stereocenters. The van der Waals surface area contributed by atoms with Crippen LogP contribution in [0.25, 0.3) is 0 Å². The van der Waals surface area contributed by atoms with Gasteiger partial charge in [0.25, 0.3) is 0 Å². The Morgan fingerprint density at radius 2 is 1.85 bits per heavy atom. The van der Waals surface area contributed by atoms with Crippen LogP contribution < -0.4 is 5.32 Å². The van der Waals surface area contributed by atoms with E-state index in [1.54, 1.807) is 25.6 Å². The summed E-state index contributed by atoms with van der Waals surface area (Å²) < 4.78 is 39.6. The molecule has 1 aromatic heterocycles. The fourth-order valence-corrected chi connectivity index (χ4v) is 2.21. The van der Waals surface area contributed by atoms with Gasteiger partial charge in [0, 0.05) is 30.9 Å². The molecule has 0 aromatic carbocycles. The minimum Gasteiger partial charge on any atom is -0.382 e. The molecule has 0 aliphatic heterocycles. The van der Waals surface area contributed by atoms with Gasteiger partial charge in [-0.2, -0.15) is 18.3 Å². The highest BCUT2D eigenvalue weighted by Gasteiger charge is 2.44. The summed E-state index contributed by atoms with van der Waals surface area (Å²) in [6.07, 6.45) is -7.00. The third kappa shape index (κ3) is 3.73.